The second-order valence-electron chi connectivity index (χ2n) is 5.32. The number of hydrogen-bond acceptors (Lipinski definition) is 6. The second kappa shape index (κ2) is 8.65. The summed E-state index contributed by atoms with van der Waals surface area (Å²) in [5, 5.41) is 2.85. The van der Waals surface area contributed by atoms with Crippen LogP contribution in [0.2, 0.25) is 0 Å². The maximum atomic E-state index is 12.1. The zero-order valence-corrected chi connectivity index (χ0v) is 14.2. The Balaban J connectivity index is 1.49. The van der Waals surface area contributed by atoms with Gasteiger partial charge in [0.15, 0.2) is 0 Å². The van der Waals surface area contributed by atoms with Gasteiger partial charge < -0.3 is 15.0 Å². The lowest BCUT2D eigenvalue weighted by Crippen LogP contribution is -2.36. The van der Waals surface area contributed by atoms with Crippen LogP contribution in [0.1, 0.15) is 6.42 Å². The number of thioether (sulfide) groups is 1. The summed E-state index contributed by atoms with van der Waals surface area (Å²) in [6.07, 6.45) is 1.93. The molecule has 1 aromatic carbocycles. The summed E-state index contributed by atoms with van der Waals surface area (Å²) >= 11 is 1.67. The molecule has 1 N–H and O–H groups in total. The molecule has 2 heterocycles. The Morgan fingerprint density at radius 1 is 1.21 bits per heavy atom. The minimum absolute atomic E-state index is 0.0370. The number of amides is 1. The van der Waals surface area contributed by atoms with Gasteiger partial charge in [-0.3, -0.25) is 4.79 Å². The zero-order chi connectivity index (χ0) is 16.6. The van der Waals surface area contributed by atoms with Crippen molar-refractivity contribution in [2.75, 3.05) is 42.3 Å². The van der Waals surface area contributed by atoms with E-state index in [4.69, 9.17) is 4.74 Å². The first kappa shape index (κ1) is 16.7. The first-order valence-corrected chi connectivity index (χ1v) is 8.92. The predicted molar refractivity (Wildman–Crippen MR) is 95.5 cm³/mol. The molecular formula is C17H20N4O2S. The van der Waals surface area contributed by atoms with Gasteiger partial charge in [-0.05, 0) is 12.1 Å². The van der Waals surface area contributed by atoms with Gasteiger partial charge in [-0.25, -0.2) is 9.97 Å². The fourth-order valence-corrected chi connectivity index (χ4v) is 3.24. The van der Waals surface area contributed by atoms with E-state index in [1.54, 1.807) is 11.8 Å². The summed E-state index contributed by atoms with van der Waals surface area (Å²) in [6.45, 7) is 3.00. The summed E-state index contributed by atoms with van der Waals surface area (Å²) in [4.78, 5) is 23.8. The van der Waals surface area contributed by atoms with E-state index in [9.17, 15) is 4.79 Å². The Morgan fingerprint density at radius 2 is 2.00 bits per heavy atom. The molecule has 0 bridgehead atoms. The van der Waals surface area contributed by atoms with Crippen LogP contribution in [0.25, 0.3) is 0 Å². The molecule has 0 unspecified atom stereocenters. The van der Waals surface area contributed by atoms with Gasteiger partial charge in [0.05, 0.1) is 13.2 Å². The van der Waals surface area contributed by atoms with Gasteiger partial charge >= 0.3 is 0 Å². The van der Waals surface area contributed by atoms with Crippen molar-refractivity contribution in [3.63, 3.8) is 0 Å². The number of morpholine rings is 1. The molecule has 1 saturated heterocycles. The van der Waals surface area contributed by atoms with Crippen LogP contribution in [0, 0.1) is 0 Å². The van der Waals surface area contributed by atoms with Crippen LogP contribution in [0.4, 0.5) is 11.6 Å². The van der Waals surface area contributed by atoms with E-state index >= 15 is 0 Å². The number of anilines is 2. The predicted octanol–water partition coefficient (Wildman–Crippen LogP) is 2.43. The Hall–Kier alpha value is -2.12. The number of carbonyl (C=O) groups is 1. The molecule has 3 rings (SSSR count). The fraction of sp³-hybridized carbons (Fsp3) is 0.353. The van der Waals surface area contributed by atoms with Crippen LogP contribution in [-0.2, 0) is 9.53 Å². The van der Waals surface area contributed by atoms with Crippen molar-refractivity contribution in [2.45, 2.75) is 11.3 Å². The van der Waals surface area contributed by atoms with Crippen LogP contribution in [-0.4, -0.2) is 47.9 Å². The standard InChI is InChI=1S/C17H20N4O2S/c22-17(6-11-24-14-4-2-1-3-5-14)20-15-12-16(19-13-18-15)21-7-9-23-10-8-21/h1-5,12-13H,6-11H2,(H,18,19,20,22). The van der Waals surface area contributed by atoms with Gasteiger partial charge in [0.25, 0.3) is 0 Å². The molecule has 6 nitrogen and oxygen atoms in total. The molecule has 7 heteroatoms. The van der Waals surface area contributed by atoms with Crippen molar-refractivity contribution in [1.29, 1.82) is 0 Å². The SMILES string of the molecule is O=C(CCSc1ccccc1)Nc1cc(N2CCOCC2)ncn1. The molecule has 1 fully saturated rings. The van der Waals surface area contributed by atoms with E-state index in [0.717, 1.165) is 24.7 Å². The van der Waals surface area contributed by atoms with Crippen LogP contribution in [0.3, 0.4) is 0 Å². The molecule has 2 aromatic rings. The first-order valence-electron chi connectivity index (χ1n) is 7.94. The number of aromatic nitrogens is 2. The van der Waals surface area contributed by atoms with Gasteiger partial charge in [0.1, 0.15) is 18.0 Å². The molecule has 1 amide bonds. The highest BCUT2D eigenvalue weighted by molar-refractivity contribution is 7.99. The Morgan fingerprint density at radius 3 is 2.79 bits per heavy atom. The summed E-state index contributed by atoms with van der Waals surface area (Å²) in [5.41, 5.74) is 0. The summed E-state index contributed by atoms with van der Waals surface area (Å²) < 4.78 is 5.34. The lowest BCUT2D eigenvalue weighted by Gasteiger charge is -2.27. The van der Waals surface area contributed by atoms with E-state index < -0.39 is 0 Å². The number of nitrogens with zero attached hydrogens (tertiary/aromatic N) is 3. The molecule has 126 valence electrons. The number of carbonyl (C=O) groups excluding carboxylic acids is 1. The van der Waals surface area contributed by atoms with E-state index in [-0.39, 0.29) is 5.91 Å². The molecule has 0 radical (unpaired) electrons. The normalized spacial score (nSPS) is 14.4. The topological polar surface area (TPSA) is 67.4 Å². The Kier molecular flexibility index (Phi) is 6.03. The zero-order valence-electron chi connectivity index (χ0n) is 13.4. The van der Waals surface area contributed by atoms with Crippen molar-refractivity contribution in [2.24, 2.45) is 0 Å². The van der Waals surface area contributed by atoms with E-state index in [1.807, 2.05) is 36.4 Å². The van der Waals surface area contributed by atoms with Gasteiger partial charge in [-0.15, -0.1) is 11.8 Å². The lowest BCUT2D eigenvalue weighted by atomic mass is 10.4. The van der Waals surface area contributed by atoms with Gasteiger partial charge in [-0.2, -0.15) is 0 Å². The molecule has 0 aliphatic carbocycles. The van der Waals surface area contributed by atoms with Gasteiger partial charge in [0, 0.05) is 36.2 Å². The third-order valence-corrected chi connectivity index (χ3v) is 4.61. The third kappa shape index (κ3) is 4.94. The molecule has 0 spiro atoms. The maximum Gasteiger partial charge on any atom is 0.226 e. The summed E-state index contributed by atoms with van der Waals surface area (Å²) in [6, 6.07) is 11.9. The molecule has 24 heavy (non-hydrogen) atoms. The largest absolute Gasteiger partial charge is 0.378 e. The van der Waals surface area contributed by atoms with Crippen LogP contribution in [0.15, 0.2) is 47.6 Å². The molecule has 0 saturated carbocycles. The quantitative estimate of drug-likeness (QED) is 0.812. The van der Waals surface area contributed by atoms with Crippen molar-refractivity contribution in [3.8, 4) is 0 Å². The molecule has 0 atom stereocenters. The molecular weight excluding hydrogens is 324 g/mol. The van der Waals surface area contributed by atoms with E-state index in [1.165, 1.54) is 11.2 Å². The van der Waals surface area contributed by atoms with Crippen LogP contribution < -0.4 is 10.2 Å². The fourth-order valence-electron chi connectivity index (χ4n) is 2.36. The van der Waals surface area contributed by atoms with Crippen molar-refractivity contribution < 1.29 is 9.53 Å². The van der Waals surface area contributed by atoms with Crippen molar-refractivity contribution >= 4 is 29.3 Å². The number of hydrogen-bond donors (Lipinski definition) is 1. The Bertz CT molecular complexity index is 663. The highest BCUT2D eigenvalue weighted by Gasteiger charge is 2.13. The van der Waals surface area contributed by atoms with Crippen LogP contribution >= 0.6 is 11.8 Å². The smallest absolute Gasteiger partial charge is 0.226 e. The molecule has 1 aromatic heterocycles. The monoisotopic (exact) mass is 344 g/mol. The minimum atomic E-state index is -0.0370. The number of rotatable bonds is 6. The number of nitrogens with one attached hydrogen (secondary N) is 1. The minimum Gasteiger partial charge on any atom is -0.378 e. The van der Waals surface area contributed by atoms with Crippen molar-refractivity contribution in [3.05, 3.63) is 42.7 Å². The number of ether oxygens (including phenoxy) is 1. The highest BCUT2D eigenvalue weighted by Crippen LogP contribution is 2.19. The maximum absolute atomic E-state index is 12.1. The number of benzene rings is 1. The van der Waals surface area contributed by atoms with Gasteiger partial charge in [0.2, 0.25) is 5.91 Å². The highest BCUT2D eigenvalue weighted by atomic mass is 32.2. The summed E-state index contributed by atoms with van der Waals surface area (Å²) in [7, 11) is 0. The second-order valence-corrected chi connectivity index (χ2v) is 6.49. The van der Waals surface area contributed by atoms with Crippen molar-refractivity contribution in [1.82, 2.24) is 9.97 Å². The lowest BCUT2D eigenvalue weighted by molar-refractivity contribution is -0.115. The average molecular weight is 344 g/mol. The van der Waals surface area contributed by atoms with E-state index in [2.05, 4.69) is 20.2 Å². The van der Waals surface area contributed by atoms with E-state index in [0.29, 0.717) is 25.5 Å². The third-order valence-electron chi connectivity index (χ3n) is 3.60. The average Bonchev–Trinajstić information content (AvgIpc) is 2.63. The summed E-state index contributed by atoms with van der Waals surface area (Å²) in [5.74, 6) is 2.06. The van der Waals surface area contributed by atoms with Crippen LogP contribution in [0.5, 0.6) is 0 Å². The Labute approximate surface area is 145 Å². The molecule has 1 aliphatic heterocycles. The first-order chi connectivity index (χ1) is 11.8. The molecule has 1 aliphatic rings. The van der Waals surface area contributed by atoms with Gasteiger partial charge in [-0.1, -0.05) is 18.2 Å².